The van der Waals surface area contributed by atoms with Crippen LogP contribution in [-0.4, -0.2) is 34.9 Å². The maximum Gasteiger partial charge on any atom is 0.387 e. The molecule has 24 heavy (non-hydrogen) atoms. The molecule has 4 nitrogen and oxygen atoms in total. The van der Waals surface area contributed by atoms with Crippen LogP contribution in [0, 0.1) is 0 Å². The molecule has 0 aliphatic heterocycles. The first-order valence-corrected chi connectivity index (χ1v) is 8.65. The zero-order valence-corrected chi connectivity index (χ0v) is 14.1. The van der Waals surface area contributed by atoms with Crippen molar-refractivity contribution in [1.29, 1.82) is 0 Å². The van der Waals surface area contributed by atoms with Crippen LogP contribution in [0.2, 0.25) is 0 Å². The predicted molar refractivity (Wildman–Crippen MR) is 87.6 cm³/mol. The SMILES string of the molecule is CN(Cc1ccc(OC(F)F)cc1)C(=O)c1ccc(S(C)=O)cc1. The van der Waals surface area contributed by atoms with Crippen LogP contribution in [-0.2, 0) is 17.3 Å². The van der Waals surface area contributed by atoms with Gasteiger partial charge in [0.1, 0.15) is 5.75 Å². The molecule has 0 bridgehead atoms. The summed E-state index contributed by atoms with van der Waals surface area (Å²) in [5, 5.41) is 0. The molecule has 0 heterocycles. The maximum absolute atomic E-state index is 12.4. The first-order chi connectivity index (χ1) is 11.4. The van der Waals surface area contributed by atoms with Crippen molar-refractivity contribution in [2.45, 2.75) is 18.1 Å². The van der Waals surface area contributed by atoms with Crippen molar-refractivity contribution in [3.63, 3.8) is 0 Å². The summed E-state index contributed by atoms with van der Waals surface area (Å²) in [5.74, 6) is -0.109. The molecule has 0 saturated carbocycles. The van der Waals surface area contributed by atoms with E-state index < -0.39 is 17.4 Å². The summed E-state index contributed by atoms with van der Waals surface area (Å²) < 4.78 is 39.9. The van der Waals surface area contributed by atoms with Crippen LogP contribution < -0.4 is 4.74 Å². The highest BCUT2D eigenvalue weighted by Gasteiger charge is 2.13. The molecule has 7 heteroatoms. The standard InChI is InChI=1S/C17H17F2NO3S/c1-20(11-12-3-7-14(8-4-12)23-17(18)19)16(21)13-5-9-15(10-6-13)24(2)22/h3-10,17H,11H2,1-2H3. The fourth-order valence-electron chi connectivity index (χ4n) is 2.13. The lowest BCUT2D eigenvalue weighted by atomic mass is 10.1. The fraction of sp³-hybridized carbons (Fsp3) is 0.235. The lowest BCUT2D eigenvalue weighted by Crippen LogP contribution is -2.26. The van der Waals surface area contributed by atoms with E-state index in [4.69, 9.17) is 0 Å². The van der Waals surface area contributed by atoms with E-state index in [1.54, 1.807) is 49.7 Å². The van der Waals surface area contributed by atoms with Gasteiger partial charge in [-0.05, 0) is 42.0 Å². The topological polar surface area (TPSA) is 46.6 Å². The van der Waals surface area contributed by atoms with Gasteiger partial charge in [0.2, 0.25) is 0 Å². The van der Waals surface area contributed by atoms with Crippen LogP contribution in [0.25, 0.3) is 0 Å². The third-order valence-electron chi connectivity index (χ3n) is 3.35. The number of ether oxygens (including phenoxy) is 1. The number of carbonyl (C=O) groups excluding carboxylic acids is 1. The van der Waals surface area contributed by atoms with Crippen molar-refractivity contribution in [2.75, 3.05) is 13.3 Å². The quantitative estimate of drug-likeness (QED) is 0.801. The van der Waals surface area contributed by atoms with E-state index in [-0.39, 0.29) is 11.7 Å². The van der Waals surface area contributed by atoms with Gasteiger partial charge >= 0.3 is 6.61 Å². The van der Waals surface area contributed by atoms with Gasteiger partial charge in [0.05, 0.1) is 0 Å². The maximum atomic E-state index is 12.4. The van der Waals surface area contributed by atoms with E-state index in [1.807, 2.05) is 0 Å². The first-order valence-electron chi connectivity index (χ1n) is 7.09. The van der Waals surface area contributed by atoms with Gasteiger partial charge in [-0.15, -0.1) is 0 Å². The van der Waals surface area contributed by atoms with Gasteiger partial charge in [0, 0.05) is 41.1 Å². The highest BCUT2D eigenvalue weighted by Crippen LogP contribution is 2.17. The highest BCUT2D eigenvalue weighted by atomic mass is 32.2. The number of alkyl halides is 2. The van der Waals surface area contributed by atoms with Gasteiger partial charge in [-0.25, -0.2) is 0 Å². The van der Waals surface area contributed by atoms with E-state index in [2.05, 4.69) is 4.74 Å². The summed E-state index contributed by atoms with van der Waals surface area (Å²) in [6.45, 7) is -2.53. The van der Waals surface area contributed by atoms with Gasteiger partial charge in [-0.1, -0.05) is 12.1 Å². The Morgan fingerprint density at radius 3 is 2.21 bits per heavy atom. The van der Waals surface area contributed by atoms with Crippen molar-refractivity contribution < 1.29 is 22.5 Å². The Morgan fingerprint density at radius 2 is 1.71 bits per heavy atom. The number of nitrogens with zero attached hydrogens (tertiary/aromatic N) is 1. The first kappa shape index (κ1) is 18.1. The van der Waals surface area contributed by atoms with E-state index in [0.29, 0.717) is 17.0 Å². The van der Waals surface area contributed by atoms with Crippen LogP contribution in [0.4, 0.5) is 8.78 Å². The van der Waals surface area contributed by atoms with Crippen molar-refractivity contribution in [1.82, 2.24) is 4.90 Å². The molecule has 0 spiro atoms. The number of carbonyl (C=O) groups is 1. The van der Waals surface area contributed by atoms with Gasteiger partial charge in [-0.3, -0.25) is 9.00 Å². The van der Waals surface area contributed by atoms with Gasteiger partial charge in [-0.2, -0.15) is 8.78 Å². The molecule has 0 fully saturated rings. The molecule has 0 radical (unpaired) electrons. The summed E-state index contributed by atoms with van der Waals surface area (Å²) in [6.07, 6.45) is 1.57. The zero-order chi connectivity index (χ0) is 17.7. The Labute approximate surface area is 141 Å². The minimum Gasteiger partial charge on any atom is -0.435 e. The average molecular weight is 353 g/mol. The Balaban J connectivity index is 2.01. The normalized spacial score (nSPS) is 12.0. The molecule has 128 valence electrons. The highest BCUT2D eigenvalue weighted by molar-refractivity contribution is 7.84. The van der Waals surface area contributed by atoms with E-state index in [1.165, 1.54) is 17.0 Å². The van der Waals surface area contributed by atoms with Crippen LogP contribution >= 0.6 is 0 Å². The summed E-state index contributed by atoms with van der Waals surface area (Å²) in [6, 6.07) is 12.7. The fourth-order valence-corrected chi connectivity index (χ4v) is 2.65. The number of hydrogen-bond acceptors (Lipinski definition) is 3. The second-order valence-corrected chi connectivity index (χ2v) is 6.54. The Kier molecular flexibility index (Phi) is 6.03. The molecule has 0 N–H and O–H groups in total. The van der Waals surface area contributed by atoms with Crippen molar-refractivity contribution in [3.05, 3.63) is 59.7 Å². The third-order valence-corrected chi connectivity index (χ3v) is 4.28. The number of benzene rings is 2. The second kappa shape index (κ2) is 8.01. The zero-order valence-electron chi connectivity index (χ0n) is 13.2. The summed E-state index contributed by atoms with van der Waals surface area (Å²) in [5.41, 5.74) is 1.28. The lowest BCUT2D eigenvalue weighted by Gasteiger charge is -2.17. The Morgan fingerprint density at radius 1 is 1.12 bits per heavy atom. The molecule has 0 aromatic heterocycles. The molecule has 1 atom stereocenters. The number of rotatable bonds is 6. The lowest BCUT2D eigenvalue weighted by molar-refractivity contribution is -0.0498. The summed E-state index contributed by atoms with van der Waals surface area (Å²) in [7, 11) is 0.561. The molecular weight excluding hydrogens is 336 g/mol. The number of hydrogen-bond donors (Lipinski definition) is 0. The van der Waals surface area contributed by atoms with Crippen LogP contribution in [0.15, 0.2) is 53.4 Å². The third kappa shape index (κ3) is 4.86. The van der Waals surface area contributed by atoms with Crippen molar-refractivity contribution >= 4 is 16.7 Å². The smallest absolute Gasteiger partial charge is 0.387 e. The molecule has 0 aliphatic carbocycles. The second-order valence-electron chi connectivity index (χ2n) is 5.16. The monoisotopic (exact) mass is 353 g/mol. The molecule has 2 rings (SSSR count). The molecule has 2 aromatic carbocycles. The van der Waals surface area contributed by atoms with Crippen molar-refractivity contribution in [3.8, 4) is 5.75 Å². The van der Waals surface area contributed by atoms with Gasteiger partial charge in [0.15, 0.2) is 0 Å². The Bertz CT molecular complexity index is 718. The Hall–Kier alpha value is -2.28. The summed E-state index contributed by atoms with van der Waals surface area (Å²) >= 11 is 0. The molecule has 0 saturated heterocycles. The average Bonchev–Trinajstić information content (AvgIpc) is 2.55. The molecule has 1 amide bonds. The summed E-state index contributed by atoms with van der Waals surface area (Å²) in [4.78, 5) is 14.5. The van der Waals surface area contributed by atoms with Gasteiger partial charge < -0.3 is 9.64 Å². The van der Waals surface area contributed by atoms with Gasteiger partial charge in [0.25, 0.3) is 5.91 Å². The molecule has 0 aliphatic rings. The molecular formula is C17H17F2NO3S. The minimum atomic E-state index is -2.86. The molecule has 2 aromatic rings. The largest absolute Gasteiger partial charge is 0.435 e. The van der Waals surface area contributed by atoms with E-state index in [0.717, 1.165) is 5.56 Å². The molecule has 1 unspecified atom stereocenters. The predicted octanol–water partition coefficient (Wildman–Crippen LogP) is 3.30. The minimum absolute atomic E-state index is 0.0749. The van der Waals surface area contributed by atoms with Crippen LogP contribution in [0.5, 0.6) is 5.75 Å². The van der Waals surface area contributed by atoms with E-state index >= 15 is 0 Å². The van der Waals surface area contributed by atoms with Crippen molar-refractivity contribution in [2.24, 2.45) is 0 Å². The van der Waals surface area contributed by atoms with E-state index in [9.17, 15) is 17.8 Å². The van der Waals surface area contributed by atoms with Crippen LogP contribution in [0.1, 0.15) is 15.9 Å². The van der Waals surface area contributed by atoms with Crippen LogP contribution in [0.3, 0.4) is 0 Å². The number of halogens is 2. The number of amides is 1.